The minimum Gasteiger partial charge on any atom is -0.494 e. The molecular weight excluding hydrogens is 436 g/mol. The summed E-state index contributed by atoms with van der Waals surface area (Å²) in [5.74, 6) is -0.634. The Labute approximate surface area is 197 Å². The van der Waals surface area contributed by atoms with Crippen LogP contribution in [-0.2, 0) is 16.1 Å². The Bertz CT molecular complexity index is 1260. The molecule has 0 aliphatic heterocycles. The van der Waals surface area contributed by atoms with E-state index in [4.69, 9.17) is 14.7 Å². The van der Waals surface area contributed by atoms with Gasteiger partial charge in [0.15, 0.2) is 12.3 Å². The number of benzene rings is 2. The van der Waals surface area contributed by atoms with Gasteiger partial charge in [-0.3, -0.25) is 9.59 Å². The highest BCUT2D eigenvalue weighted by molar-refractivity contribution is 6.03. The molecule has 0 unspecified atom stereocenters. The van der Waals surface area contributed by atoms with E-state index in [0.717, 1.165) is 0 Å². The summed E-state index contributed by atoms with van der Waals surface area (Å²) < 4.78 is 12.0. The molecule has 3 aromatic rings. The first kappa shape index (κ1) is 24.5. The van der Waals surface area contributed by atoms with Gasteiger partial charge in [-0.25, -0.2) is 9.48 Å². The van der Waals surface area contributed by atoms with Crippen molar-refractivity contribution in [1.29, 1.82) is 5.26 Å². The number of rotatable bonds is 10. The third-order valence-corrected chi connectivity index (χ3v) is 5.03. The fourth-order valence-electron chi connectivity index (χ4n) is 3.47. The maximum Gasteiger partial charge on any atom is 0.359 e. The molecule has 0 saturated heterocycles. The van der Waals surface area contributed by atoms with E-state index in [1.807, 2.05) is 19.9 Å². The SMILES string of the molecule is CCCn1nc(C(=O)OCC(=O)N(CCC#N)c2ccc(OCC)cc2)c2ccccc2c1=O. The van der Waals surface area contributed by atoms with Crippen LogP contribution < -0.4 is 15.2 Å². The van der Waals surface area contributed by atoms with E-state index >= 15 is 0 Å². The lowest BCUT2D eigenvalue weighted by Crippen LogP contribution is -2.36. The highest BCUT2D eigenvalue weighted by Crippen LogP contribution is 2.20. The van der Waals surface area contributed by atoms with Crippen LogP contribution in [0.15, 0.2) is 53.3 Å². The lowest BCUT2D eigenvalue weighted by atomic mass is 10.1. The van der Waals surface area contributed by atoms with Crippen molar-refractivity contribution in [2.45, 2.75) is 33.2 Å². The third kappa shape index (κ3) is 5.59. The Kier molecular flexibility index (Phi) is 8.35. The zero-order chi connectivity index (χ0) is 24.5. The number of fused-ring (bicyclic) bond motifs is 1. The quantitative estimate of drug-likeness (QED) is 0.425. The third-order valence-electron chi connectivity index (χ3n) is 5.03. The molecule has 1 heterocycles. The number of carbonyl (C=O) groups excluding carboxylic acids is 2. The van der Waals surface area contributed by atoms with E-state index in [0.29, 0.717) is 41.8 Å². The summed E-state index contributed by atoms with van der Waals surface area (Å²) in [5, 5.41) is 13.9. The topological polar surface area (TPSA) is 115 Å². The molecular formula is C25H26N4O5. The summed E-state index contributed by atoms with van der Waals surface area (Å²) in [6, 6.07) is 15.5. The van der Waals surface area contributed by atoms with Gasteiger partial charge in [0, 0.05) is 24.2 Å². The number of esters is 1. The van der Waals surface area contributed by atoms with Crippen molar-refractivity contribution in [3.05, 3.63) is 64.6 Å². The van der Waals surface area contributed by atoms with E-state index in [9.17, 15) is 14.4 Å². The van der Waals surface area contributed by atoms with Gasteiger partial charge < -0.3 is 14.4 Å². The van der Waals surface area contributed by atoms with E-state index in [1.165, 1.54) is 9.58 Å². The van der Waals surface area contributed by atoms with Crippen LogP contribution in [-0.4, -0.2) is 41.4 Å². The van der Waals surface area contributed by atoms with Gasteiger partial charge in [-0.1, -0.05) is 25.1 Å². The fourth-order valence-corrected chi connectivity index (χ4v) is 3.47. The van der Waals surface area contributed by atoms with Gasteiger partial charge in [0.05, 0.1) is 24.5 Å². The first-order chi connectivity index (χ1) is 16.5. The van der Waals surface area contributed by atoms with E-state index < -0.39 is 18.5 Å². The molecule has 34 heavy (non-hydrogen) atoms. The minimum atomic E-state index is -0.804. The molecule has 9 nitrogen and oxygen atoms in total. The average molecular weight is 463 g/mol. The maximum atomic E-state index is 12.9. The van der Waals surface area contributed by atoms with Crippen LogP contribution in [0.5, 0.6) is 5.75 Å². The predicted molar refractivity (Wildman–Crippen MR) is 127 cm³/mol. The number of aromatic nitrogens is 2. The zero-order valence-corrected chi connectivity index (χ0v) is 19.2. The van der Waals surface area contributed by atoms with Gasteiger partial charge in [0.25, 0.3) is 11.5 Å². The van der Waals surface area contributed by atoms with Crippen LogP contribution in [0, 0.1) is 11.3 Å². The number of hydrogen-bond acceptors (Lipinski definition) is 7. The number of hydrogen-bond donors (Lipinski definition) is 0. The Morgan fingerprint density at radius 1 is 1.09 bits per heavy atom. The second-order valence-corrected chi connectivity index (χ2v) is 7.38. The van der Waals surface area contributed by atoms with Gasteiger partial charge in [-0.2, -0.15) is 10.4 Å². The van der Waals surface area contributed by atoms with E-state index in [-0.39, 0.29) is 24.2 Å². The van der Waals surface area contributed by atoms with Crippen LogP contribution >= 0.6 is 0 Å². The van der Waals surface area contributed by atoms with Crippen molar-refractivity contribution < 1.29 is 19.1 Å². The van der Waals surface area contributed by atoms with Crippen molar-refractivity contribution in [1.82, 2.24) is 9.78 Å². The van der Waals surface area contributed by atoms with Gasteiger partial charge in [0.2, 0.25) is 0 Å². The van der Waals surface area contributed by atoms with Gasteiger partial charge in [-0.15, -0.1) is 0 Å². The highest BCUT2D eigenvalue weighted by Gasteiger charge is 2.22. The Balaban J connectivity index is 1.81. The average Bonchev–Trinajstić information content (AvgIpc) is 2.85. The molecule has 2 aromatic carbocycles. The summed E-state index contributed by atoms with van der Waals surface area (Å²) in [6.45, 7) is 4.24. The van der Waals surface area contributed by atoms with Gasteiger partial charge in [0.1, 0.15) is 5.75 Å². The van der Waals surface area contributed by atoms with E-state index in [1.54, 1.807) is 48.5 Å². The van der Waals surface area contributed by atoms with Crippen LogP contribution in [0.1, 0.15) is 37.2 Å². The number of carbonyl (C=O) groups is 2. The maximum absolute atomic E-state index is 12.9. The van der Waals surface area contributed by atoms with Gasteiger partial charge in [-0.05, 0) is 43.7 Å². The van der Waals surface area contributed by atoms with Crippen molar-refractivity contribution in [2.24, 2.45) is 0 Å². The number of nitrogens with zero attached hydrogens (tertiary/aromatic N) is 4. The van der Waals surface area contributed by atoms with Crippen molar-refractivity contribution >= 4 is 28.3 Å². The van der Waals surface area contributed by atoms with Crippen LogP contribution in [0.3, 0.4) is 0 Å². The number of nitriles is 1. The molecule has 0 saturated carbocycles. The molecule has 1 amide bonds. The van der Waals surface area contributed by atoms with Crippen molar-refractivity contribution in [3.63, 3.8) is 0 Å². The lowest BCUT2D eigenvalue weighted by molar-refractivity contribution is -0.121. The summed E-state index contributed by atoms with van der Waals surface area (Å²) in [4.78, 5) is 39.8. The molecule has 0 atom stereocenters. The van der Waals surface area contributed by atoms with Crippen molar-refractivity contribution in [3.8, 4) is 11.8 Å². The second-order valence-electron chi connectivity index (χ2n) is 7.38. The summed E-state index contributed by atoms with van der Waals surface area (Å²) in [7, 11) is 0. The first-order valence-corrected chi connectivity index (χ1v) is 11.1. The zero-order valence-electron chi connectivity index (χ0n) is 19.2. The summed E-state index contributed by atoms with van der Waals surface area (Å²) >= 11 is 0. The lowest BCUT2D eigenvalue weighted by Gasteiger charge is -2.22. The minimum absolute atomic E-state index is 0.0268. The molecule has 0 bridgehead atoms. The molecule has 0 N–H and O–H groups in total. The number of anilines is 1. The monoisotopic (exact) mass is 462 g/mol. The molecule has 1 aromatic heterocycles. The number of aryl methyl sites for hydroxylation is 1. The molecule has 0 spiro atoms. The van der Waals surface area contributed by atoms with Crippen LogP contribution in [0.2, 0.25) is 0 Å². The normalized spacial score (nSPS) is 10.5. The Morgan fingerprint density at radius 3 is 2.44 bits per heavy atom. The number of amides is 1. The standard InChI is InChI=1S/C25H26N4O5/c1-3-15-29-24(31)21-9-6-5-8-20(21)23(27-29)25(32)34-17-22(30)28(16-7-14-26)18-10-12-19(13-11-18)33-4-2/h5-6,8-13H,3-4,7,15-17H2,1-2H3. The first-order valence-electron chi connectivity index (χ1n) is 11.1. The second kappa shape index (κ2) is 11.6. The van der Waals surface area contributed by atoms with Crippen molar-refractivity contribution in [2.75, 3.05) is 24.7 Å². The smallest absolute Gasteiger partial charge is 0.359 e. The Hall–Kier alpha value is -4.19. The Morgan fingerprint density at radius 2 is 1.79 bits per heavy atom. The highest BCUT2D eigenvalue weighted by atomic mass is 16.5. The molecule has 9 heteroatoms. The number of ether oxygens (including phenoxy) is 2. The molecule has 0 radical (unpaired) electrons. The van der Waals surface area contributed by atoms with Gasteiger partial charge >= 0.3 is 5.97 Å². The molecule has 0 aliphatic carbocycles. The summed E-state index contributed by atoms with van der Waals surface area (Å²) in [6.07, 6.45) is 0.773. The molecule has 0 aliphatic rings. The predicted octanol–water partition coefficient (Wildman–Crippen LogP) is 3.31. The van der Waals surface area contributed by atoms with E-state index in [2.05, 4.69) is 5.10 Å². The van der Waals surface area contributed by atoms with Crippen LogP contribution in [0.4, 0.5) is 5.69 Å². The fraction of sp³-hybridized carbons (Fsp3) is 0.320. The largest absolute Gasteiger partial charge is 0.494 e. The molecule has 3 rings (SSSR count). The summed E-state index contributed by atoms with van der Waals surface area (Å²) in [5.41, 5.74) is 0.240. The molecule has 176 valence electrons. The van der Waals surface area contributed by atoms with Crippen LogP contribution in [0.25, 0.3) is 10.8 Å². The molecule has 0 fully saturated rings.